The van der Waals surface area contributed by atoms with E-state index in [4.69, 9.17) is 5.11 Å². The second-order valence-electron chi connectivity index (χ2n) is 2.32. The zero-order valence-corrected chi connectivity index (χ0v) is 10.5. The van der Waals surface area contributed by atoms with Gasteiger partial charge in [-0.1, -0.05) is 24.3 Å². The van der Waals surface area contributed by atoms with Gasteiger partial charge < -0.3 is 9.84 Å². The fourth-order valence-corrected chi connectivity index (χ4v) is 1.43. The lowest BCUT2D eigenvalue weighted by molar-refractivity contribution is -0.143. The largest absolute Gasteiger partial charge is 0.467 e. The molecule has 0 fully saturated rings. The van der Waals surface area contributed by atoms with Gasteiger partial charge in [0, 0.05) is 0 Å². The number of ether oxygens (including phenoxy) is 1. The second-order valence-corrected chi connectivity index (χ2v) is 3.95. The van der Waals surface area contributed by atoms with Crippen LogP contribution in [0.25, 0.3) is 0 Å². The minimum atomic E-state index is -0.602. The molecular weight excluding hydrogens is 244 g/mol. The van der Waals surface area contributed by atoms with Gasteiger partial charge in [-0.15, -0.1) is 0 Å². The molecule has 0 aliphatic rings. The van der Waals surface area contributed by atoms with Crippen molar-refractivity contribution in [1.29, 1.82) is 0 Å². The number of carbonyl (C=O) groups excluding carboxylic acids is 1. The first kappa shape index (κ1) is 14.8. The smallest absolute Gasteiger partial charge is 0.331 e. The summed E-state index contributed by atoms with van der Waals surface area (Å²) in [6.07, 6.45) is 0. The van der Waals surface area contributed by atoms with Crippen LogP contribution in [0.4, 0.5) is 0 Å². The number of aliphatic hydroxyl groups excluding tert-OH is 1. The molecule has 0 aromatic carbocycles. The number of thiophene rings is 2. The van der Waals surface area contributed by atoms with Gasteiger partial charge in [0.15, 0.2) is 0 Å². The first-order chi connectivity index (χ1) is 7.81. The molecule has 88 valence electrons. The quantitative estimate of drug-likeness (QED) is 0.800. The highest BCUT2D eigenvalue weighted by Crippen LogP contribution is 1.92. The van der Waals surface area contributed by atoms with E-state index in [2.05, 4.69) is 4.74 Å². The molecule has 2 rings (SSSR count). The Morgan fingerprint density at radius 1 is 1.06 bits per heavy atom. The maximum absolute atomic E-state index is 9.71. The molecule has 0 amide bonds. The van der Waals surface area contributed by atoms with Gasteiger partial charge in [0.05, 0.1) is 7.11 Å². The molecule has 0 atom stereocenters. The van der Waals surface area contributed by atoms with Gasteiger partial charge in [-0.3, -0.25) is 0 Å². The maximum Gasteiger partial charge on any atom is 0.331 e. The van der Waals surface area contributed by atoms with Crippen LogP contribution in [0.1, 0.15) is 0 Å². The fourth-order valence-electron chi connectivity index (χ4n) is 0.518. The molecule has 1 N–H and O–H groups in total. The van der Waals surface area contributed by atoms with E-state index in [0.29, 0.717) is 0 Å². The molecule has 0 radical (unpaired) electrons. The lowest BCUT2D eigenvalue weighted by Gasteiger charge is -1.86. The number of hydrogen-bond donors (Lipinski definition) is 1. The maximum atomic E-state index is 9.71. The van der Waals surface area contributed by atoms with E-state index in [1.807, 2.05) is 45.8 Å². The zero-order valence-electron chi connectivity index (χ0n) is 8.91. The number of rotatable bonds is 1. The summed E-state index contributed by atoms with van der Waals surface area (Å²) >= 11 is 3.43. The molecule has 0 spiro atoms. The molecule has 5 heteroatoms. The van der Waals surface area contributed by atoms with E-state index in [9.17, 15) is 4.79 Å². The van der Waals surface area contributed by atoms with Crippen molar-refractivity contribution < 1.29 is 14.6 Å². The summed E-state index contributed by atoms with van der Waals surface area (Å²) < 4.78 is 4.01. The molecular formula is C11H14O3S2. The van der Waals surface area contributed by atoms with Gasteiger partial charge in [0.2, 0.25) is 0 Å². The third-order valence-corrected chi connectivity index (χ3v) is 2.46. The summed E-state index contributed by atoms with van der Waals surface area (Å²) in [6.45, 7) is -0.531. The molecule has 3 nitrogen and oxygen atoms in total. The van der Waals surface area contributed by atoms with Crippen LogP contribution in [0, 0.1) is 0 Å². The van der Waals surface area contributed by atoms with Crippen LogP contribution in [0.15, 0.2) is 45.8 Å². The fraction of sp³-hybridized carbons (Fsp3) is 0.182. The minimum absolute atomic E-state index is 0.531. The van der Waals surface area contributed by atoms with Crippen LogP contribution < -0.4 is 0 Å². The molecule has 0 aliphatic heterocycles. The lowest BCUT2D eigenvalue weighted by Crippen LogP contribution is -2.04. The minimum Gasteiger partial charge on any atom is -0.467 e. The third kappa shape index (κ3) is 10.9. The second kappa shape index (κ2) is 11.9. The molecule has 0 aliphatic carbocycles. The average Bonchev–Trinajstić information content (AvgIpc) is 3.03. The first-order valence-electron chi connectivity index (χ1n) is 4.43. The summed E-state index contributed by atoms with van der Waals surface area (Å²) in [6, 6.07) is 8.07. The zero-order chi connectivity index (χ0) is 12.1. The van der Waals surface area contributed by atoms with E-state index in [0.717, 1.165) is 0 Å². The Bertz CT molecular complexity index is 250. The third-order valence-electron chi connectivity index (χ3n) is 1.21. The van der Waals surface area contributed by atoms with E-state index >= 15 is 0 Å². The Kier molecular flexibility index (Phi) is 11.0. The Morgan fingerprint density at radius 2 is 1.44 bits per heavy atom. The normalized spacial score (nSPS) is 7.88. The number of hydrogen-bond acceptors (Lipinski definition) is 5. The van der Waals surface area contributed by atoms with Crippen molar-refractivity contribution in [3.63, 3.8) is 0 Å². The Balaban J connectivity index is 0.000000211. The molecule has 2 heterocycles. The average molecular weight is 258 g/mol. The summed E-state index contributed by atoms with van der Waals surface area (Å²) in [5, 5.41) is 16.0. The van der Waals surface area contributed by atoms with Gasteiger partial charge in [0.1, 0.15) is 6.61 Å². The lowest BCUT2D eigenvalue weighted by atomic mass is 10.7. The topological polar surface area (TPSA) is 46.5 Å². The van der Waals surface area contributed by atoms with Crippen molar-refractivity contribution in [2.24, 2.45) is 0 Å². The Labute approximate surface area is 103 Å². The Hall–Kier alpha value is -1.17. The monoisotopic (exact) mass is 258 g/mol. The molecule has 0 bridgehead atoms. The summed E-state index contributed by atoms with van der Waals surface area (Å²) in [4.78, 5) is 9.71. The molecule has 2 aromatic heterocycles. The number of esters is 1. The predicted octanol–water partition coefficient (Wildman–Crippen LogP) is 2.65. The van der Waals surface area contributed by atoms with Crippen LogP contribution in [-0.2, 0) is 9.53 Å². The van der Waals surface area contributed by atoms with Crippen molar-refractivity contribution in [3.05, 3.63) is 45.8 Å². The summed E-state index contributed by atoms with van der Waals surface area (Å²) in [5.41, 5.74) is 0. The molecule has 16 heavy (non-hydrogen) atoms. The van der Waals surface area contributed by atoms with Crippen molar-refractivity contribution in [2.75, 3.05) is 13.7 Å². The number of methoxy groups -OCH3 is 1. The van der Waals surface area contributed by atoms with Crippen molar-refractivity contribution >= 4 is 28.6 Å². The van der Waals surface area contributed by atoms with E-state index in [1.54, 1.807) is 22.7 Å². The van der Waals surface area contributed by atoms with Gasteiger partial charge in [-0.2, -0.15) is 22.7 Å². The van der Waals surface area contributed by atoms with Crippen molar-refractivity contribution in [3.8, 4) is 0 Å². The molecule has 0 unspecified atom stereocenters. The molecule has 0 saturated heterocycles. The van der Waals surface area contributed by atoms with Crippen LogP contribution in [0.3, 0.4) is 0 Å². The van der Waals surface area contributed by atoms with Crippen molar-refractivity contribution in [1.82, 2.24) is 0 Å². The SMILES string of the molecule is COC(=O)CO.c1ccsc1.c1ccsc1. The number of aliphatic hydroxyl groups is 1. The van der Waals surface area contributed by atoms with E-state index < -0.39 is 12.6 Å². The van der Waals surface area contributed by atoms with Crippen LogP contribution >= 0.6 is 22.7 Å². The highest BCUT2D eigenvalue weighted by molar-refractivity contribution is 7.08. The Morgan fingerprint density at radius 3 is 1.50 bits per heavy atom. The number of carbonyl (C=O) groups is 1. The van der Waals surface area contributed by atoms with Crippen LogP contribution in [-0.4, -0.2) is 24.8 Å². The van der Waals surface area contributed by atoms with E-state index in [-0.39, 0.29) is 0 Å². The highest BCUT2D eigenvalue weighted by Gasteiger charge is 1.89. The molecule has 0 saturated carbocycles. The molecule has 2 aromatic rings. The van der Waals surface area contributed by atoms with Crippen LogP contribution in [0.2, 0.25) is 0 Å². The van der Waals surface area contributed by atoms with E-state index in [1.165, 1.54) is 7.11 Å². The first-order valence-corrected chi connectivity index (χ1v) is 6.31. The van der Waals surface area contributed by atoms with Gasteiger partial charge in [0.25, 0.3) is 0 Å². The summed E-state index contributed by atoms with van der Waals surface area (Å²) in [5.74, 6) is -0.602. The van der Waals surface area contributed by atoms with Gasteiger partial charge >= 0.3 is 5.97 Å². The standard InChI is InChI=1S/2C4H4S.C3H6O3/c2*1-2-4-5-3-1;1-6-3(5)2-4/h2*1-4H;4H,2H2,1H3. The van der Waals surface area contributed by atoms with Gasteiger partial charge in [-0.25, -0.2) is 4.79 Å². The van der Waals surface area contributed by atoms with Crippen LogP contribution in [0.5, 0.6) is 0 Å². The van der Waals surface area contributed by atoms with Crippen molar-refractivity contribution in [2.45, 2.75) is 0 Å². The predicted molar refractivity (Wildman–Crippen MR) is 67.7 cm³/mol. The highest BCUT2D eigenvalue weighted by atomic mass is 32.1. The van der Waals surface area contributed by atoms with Gasteiger partial charge in [-0.05, 0) is 21.5 Å². The summed E-state index contributed by atoms with van der Waals surface area (Å²) in [7, 11) is 1.22.